The van der Waals surface area contributed by atoms with Gasteiger partial charge < -0.3 is 15.8 Å². The van der Waals surface area contributed by atoms with Crippen molar-refractivity contribution in [2.75, 3.05) is 18.2 Å². The van der Waals surface area contributed by atoms with Gasteiger partial charge in [-0.15, -0.1) is 0 Å². The van der Waals surface area contributed by atoms with Crippen LogP contribution >= 0.6 is 11.6 Å². The quantitative estimate of drug-likeness (QED) is 0.681. The molecule has 0 aliphatic carbocycles. The van der Waals surface area contributed by atoms with Crippen LogP contribution in [0, 0.1) is 0 Å². The molecule has 0 atom stereocenters. The number of hydrogen-bond donors (Lipinski definition) is 2. The number of benzene rings is 3. The SMILES string of the molecule is COc1ccccc1Nc1ccc(N)c2cc(Cl)ccc12. The standard InChI is InChI=1S/C17H15ClN2O/c1-21-17-5-3-2-4-16(17)20-15-9-8-14(19)13-10-11(18)6-7-12(13)15/h2-10,20H,19H2,1H3. The molecule has 3 aromatic carbocycles. The molecule has 0 amide bonds. The second-order valence-corrected chi connectivity index (χ2v) is 5.15. The van der Waals surface area contributed by atoms with Gasteiger partial charge in [-0.25, -0.2) is 0 Å². The van der Waals surface area contributed by atoms with Gasteiger partial charge in [0.1, 0.15) is 5.75 Å². The molecule has 3 aromatic rings. The third-order valence-electron chi connectivity index (χ3n) is 3.39. The van der Waals surface area contributed by atoms with Crippen LogP contribution in [-0.2, 0) is 0 Å². The molecule has 0 saturated heterocycles. The van der Waals surface area contributed by atoms with Gasteiger partial charge in [0, 0.05) is 27.2 Å². The van der Waals surface area contributed by atoms with E-state index in [0.29, 0.717) is 10.7 Å². The van der Waals surface area contributed by atoms with E-state index >= 15 is 0 Å². The molecule has 0 saturated carbocycles. The normalized spacial score (nSPS) is 10.6. The molecule has 0 spiro atoms. The summed E-state index contributed by atoms with van der Waals surface area (Å²) >= 11 is 6.05. The lowest BCUT2D eigenvalue weighted by Gasteiger charge is -2.14. The monoisotopic (exact) mass is 298 g/mol. The van der Waals surface area contributed by atoms with Gasteiger partial charge in [-0.2, -0.15) is 0 Å². The van der Waals surface area contributed by atoms with Gasteiger partial charge in [-0.3, -0.25) is 0 Å². The first-order valence-electron chi connectivity index (χ1n) is 6.57. The van der Waals surface area contributed by atoms with Crippen molar-refractivity contribution in [1.29, 1.82) is 0 Å². The Balaban J connectivity index is 2.11. The first-order valence-corrected chi connectivity index (χ1v) is 6.94. The summed E-state index contributed by atoms with van der Waals surface area (Å²) in [5, 5.41) is 6.01. The molecule has 0 unspecified atom stereocenters. The van der Waals surface area contributed by atoms with Crippen LogP contribution in [0.4, 0.5) is 17.1 Å². The van der Waals surface area contributed by atoms with Gasteiger partial charge in [0.15, 0.2) is 0 Å². The summed E-state index contributed by atoms with van der Waals surface area (Å²) in [5.74, 6) is 0.788. The molecule has 0 fully saturated rings. The number of nitrogen functional groups attached to an aromatic ring is 1. The highest BCUT2D eigenvalue weighted by molar-refractivity contribution is 6.31. The Morgan fingerprint density at radius 2 is 1.76 bits per heavy atom. The zero-order valence-corrected chi connectivity index (χ0v) is 12.3. The molecule has 0 radical (unpaired) electrons. The Labute approximate surface area is 128 Å². The molecular formula is C17H15ClN2O. The average molecular weight is 299 g/mol. The topological polar surface area (TPSA) is 47.3 Å². The third kappa shape index (κ3) is 2.60. The van der Waals surface area contributed by atoms with E-state index in [2.05, 4.69) is 5.32 Å². The van der Waals surface area contributed by atoms with Crippen LogP contribution < -0.4 is 15.8 Å². The maximum atomic E-state index is 6.05. The minimum Gasteiger partial charge on any atom is -0.495 e. The van der Waals surface area contributed by atoms with Crippen LogP contribution in [0.25, 0.3) is 10.8 Å². The van der Waals surface area contributed by atoms with Crippen molar-refractivity contribution in [2.24, 2.45) is 0 Å². The van der Waals surface area contributed by atoms with E-state index in [9.17, 15) is 0 Å². The van der Waals surface area contributed by atoms with Crippen LogP contribution in [0.15, 0.2) is 54.6 Å². The van der Waals surface area contributed by atoms with Crippen molar-refractivity contribution in [2.45, 2.75) is 0 Å². The third-order valence-corrected chi connectivity index (χ3v) is 3.62. The Hall–Kier alpha value is -2.39. The molecule has 3 nitrogen and oxygen atoms in total. The molecule has 4 heteroatoms. The molecule has 3 N–H and O–H groups in total. The van der Waals surface area contributed by atoms with Gasteiger partial charge >= 0.3 is 0 Å². The zero-order chi connectivity index (χ0) is 14.8. The van der Waals surface area contributed by atoms with E-state index in [1.165, 1.54) is 0 Å². The Morgan fingerprint density at radius 1 is 0.952 bits per heavy atom. The highest BCUT2D eigenvalue weighted by Gasteiger charge is 2.07. The van der Waals surface area contributed by atoms with E-state index in [-0.39, 0.29) is 0 Å². The second kappa shape index (κ2) is 5.54. The fourth-order valence-electron chi connectivity index (χ4n) is 2.34. The number of nitrogens with one attached hydrogen (secondary N) is 1. The summed E-state index contributed by atoms with van der Waals surface area (Å²) < 4.78 is 5.36. The predicted molar refractivity (Wildman–Crippen MR) is 89.6 cm³/mol. The number of nitrogens with two attached hydrogens (primary N) is 1. The summed E-state index contributed by atoms with van der Waals surface area (Å²) in [7, 11) is 1.65. The molecule has 0 aromatic heterocycles. The predicted octanol–water partition coefficient (Wildman–Crippen LogP) is 4.83. The fourth-order valence-corrected chi connectivity index (χ4v) is 2.52. The average Bonchev–Trinajstić information content (AvgIpc) is 2.51. The lowest BCUT2D eigenvalue weighted by molar-refractivity contribution is 0.417. The fraction of sp³-hybridized carbons (Fsp3) is 0.0588. The van der Waals surface area contributed by atoms with Crippen molar-refractivity contribution >= 4 is 39.4 Å². The number of hydrogen-bond acceptors (Lipinski definition) is 3. The van der Waals surface area contributed by atoms with Crippen molar-refractivity contribution in [3.63, 3.8) is 0 Å². The first kappa shape index (κ1) is 13.6. The summed E-state index contributed by atoms with van der Waals surface area (Å²) in [6, 6.07) is 17.3. The highest BCUT2D eigenvalue weighted by Crippen LogP contribution is 2.34. The number of rotatable bonds is 3. The van der Waals surface area contributed by atoms with Crippen molar-refractivity contribution < 1.29 is 4.74 Å². The molecule has 21 heavy (non-hydrogen) atoms. The van der Waals surface area contributed by atoms with E-state index in [1.807, 2.05) is 54.6 Å². The van der Waals surface area contributed by atoms with Gasteiger partial charge in [0.2, 0.25) is 0 Å². The van der Waals surface area contributed by atoms with E-state index < -0.39 is 0 Å². The zero-order valence-electron chi connectivity index (χ0n) is 11.6. The molecule has 3 rings (SSSR count). The van der Waals surface area contributed by atoms with Gasteiger partial charge in [0.05, 0.1) is 12.8 Å². The van der Waals surface area contributed by atoms with Crippen molar-refractivity contribution in [1.82, 2.24) is 0 Å². The van der Waals surface area contributed by atoms with E-state index in [1.54, 1.807) is 7.11 Å². The molecular weight excluding hydrogens is 284 g/mol. The summed E-state index contributed by atoms with van der Waals surface area (Å²) in [6.07, 6.45) is 0. The minimum absolute atomic E-state index is 0.670. The number of fused-ring (bicyclic) bond motifs is 1. The lowest BCUT2D eigenvalue weighted by Crippen LogP contribution is -1.96. The largest absolute Gasteiger partial charge is 0.495 e. The number of anilines is 3. The smallest absolute Gasteiger partial charge is 0.142 e. The van der Waals surface area contributed by atoms with Crippen LogP contribution in [0.1, 0.15) is 0 Å². The second-order valence-electron chi connectivity index (χ2n) is 4.72. The Bertz CT molecular complexity index is 802. The summed E-state index contributed by atoms with van der Waals surface area (Å²) in [4.78, 5) is 0. The summed E-state index contributed by atoms with van der Waals surface area (Å²) in [6.45, 7) is 0. The van der Waals surface area contributed by atoms with Crippen molar-refractivity contribution in [3.8, 4) is 5.75 Å². The van der Waals surface area contributed by atoms with Crippen LogP contribution in [0.5, 0.6) is 5.75 Å². The number of para-hydroxylation sites is 2. The maximum absolute atomic E-state index is 6.05. The van der Waals surface area contributed by atoms with Gasteiger partial charge in [-0.1, -0.05) is 29.8 Å². The van der Waals surface area contributed by atoms with Gasteiger partial charge in [0.25, 0.3) is 0 Å². The highest BCUT2D eigenvalue weighted by atomic mass is 35.5. The molecule has 0 heterocycles. The maximum Gasteiger partial charge on any atom is 0.142 e. The van der Waals surface area contributed by atoms with Crippen molar-refractivity contribution in [3.05, 3.63) is 59.6 Å². The lowest BCUT2D eigenvalue weighted by atomic mass is 10.1. The number of halogens is 1. The van der Waals surface area contributed by atoms with Gasteiger partial charge in [-0.05, 0) is 36.4 Å². The number of methoxy groups -OCH3 is 1. The van der Waals surface area contributed by atoms with E-state index in [4.69, 9.17) is 22.1 Å². The van der Waals surface area contributed by atoms with Crippen LogP contribution in [-0.4, -0.2) is 7.11 Å². The summed E-state index contributed by atoms with van der Waals surface area (Å²) in [5.41, 5.74) is 8.60. The Morgan fingerprint density at radius 3 is 2.57 bits per heavy atom. The molecule has 106 valence electrons. The molecule has 0 bridgehead atoms. The van der Waals surface area contributed by atoms with E-state index in [0.717, 1.165) is 27.9 Å². The Kier molecular flexibility index (Phi) is 3.59. The molecule has 0 aliphatic rings. The van der Waals surface area contributed by atoms with Crippen LogP contribution in [0.3, 0.4) is 0 Å². The minimum atomic E-state index is 0.670. The van der Waals surface area contributed by atoms with Crippen LogP contribution in [0.2, 0.25) is 5.02 Å². The number of ether oxygens (including phenoxy) is 1. The first-order chi connectivity index (χ1) is 10.2. The molecule has 0 aliphatic heterocycles.